The molecule has 2 rings (SSSR count). The summed E-state index contributed by atoms with van der Waals surface area (Å²) in [5.41, 5.74) is 1.34. The lowest BCUT2D eigenvalue weighted by Gasteiger charge is -1.91. The van der Waals surface area contributed by atoms with Gasteiger partial charge in [0.25, 0.3) is 0 Å². The predicted molar refractivity (Wildman–Crippen MR) is 78.4 cm³/mol. The molecule has 2 aromatic carbocycles. The van der Waals surface area contributed by atoms with Gasteiger partial charge in [-0.2, -0.15) is 0 Å². The highest BCUT2D eigenvalue weighted by Crippen LogP contribution is 2.18. The highest BCUT2D eigenvalue weighted by Gasteiger charge is 1.90. The Bertz CT molecular complexity index is 528. The molecule has 0 amide bonds. The molecule has 0 radical (unpaired) electrons. The van der Waals surface area contributed by atoms with Gasteiger partial charge in [0.1, 0.15) is 0 Å². The van der Waals surface area contributed by atoms with Crippen LogP contribution >= 0.6 is 31.9 Å². The largest absolute Gasteiger partial charge is 0.203 e. The summed E-state index contributed by atoms with van der Waals surface area (Å²) >= 11 is 6.66. The number of hydrogen-bond donors (Lipinski definition) is 0. The van der Waals surface area contributed by atoms with Crippen molar-refractivity contribution in [2.24, 2.45) is 20.8 Å². The maximum Gasteiger partial charge on any atom is 0.0891 e. The zero-order chi connectivity index (χ0) is 13.5. The second kappa shape index (κ2) is 7.10. The van der Waals surface area contributed by atoms with Crippen LogP contribution in [0.25, 0.3) is 0 Å². The smallest absolute Gasteiger partial charge is 0.0891 e. The Morgan fingerprint density at radius 3 is 1.37 bits per heavy atom. The van der Waals surface area contributed by atoms with Gasteiger partial charge in [0, 0.05) is 8.95 Å². The minimum Gasteiger partial charge on any atom is -0.203 e. The van der Waals surface area contributed by atoms with Gasteiger partial charge in [0.2, 0.25) is 0 Å². The minimum absolute atomic E-state index is 0.669. The first-order valence-electron chi connectivity index (χ1n) is 5.23. The van der Waals surface area contributed by atoms with Crippen LogP contribution in [0.15, 0.2) is 78.3 Å². The summed E-state index contributed by atoms with van der Waals surface area (Å²) < 4.78 is 1.95. The number of nitrogens with zero attached hydrogens (tertiary/aromatic N) is 4. The van der Waals surface area contributed by atoms with Gasteiger partial charge in [-0.15, -0.1) is 10.2 Å². The fourth-order valence-corrected chi connectivity index (χ4v) is 1.69. The summed E-state index contributed by atoms with van der Waals surface area (Å²) in [6.07, 6.45) is 0. The van der Waals surface area contributed by atoms with Crippen LogP contribution in [-0.4, -0.2) is 0 Å². The van der Waals surface area contributed by atoms with Crippen LogP contribution in [0.1, 0.15) is 0 Å². The van der Waals surface area contributed by atoms with Crippen LogP contribution in [0, 0.1) is 0 Å². The van der Waals surface area contributed by atoms with Crippen LogP contribution in [0.2, 0.25) is 0 Å². The minimum atomic E-state index is 0.669. The van der Waals surface area contributed by atoms with E-state index < -0.39 is 0 Å². The Kier molecular flexibility index (Phi) is 5.17. The van der Waals surface area contributed by atoms with Gasteiger partial charge in [-0.25, -0.2) is 4.94 Å². The topological polar surface area (TPSA) is 58.7 Å². The van der Waals surface area contributed by atoms with Crippen LogP contribution in [0.5, 0.6) is 0 Å². The quantitative estimate of drug-likeness (QED) is 0.477. The third-order valence-electron chi connectivity index (χ3n) is 2.04. The molecule has 96 valence electrons. The number of hydrogen-bond acceptors (Lipinski definition) is 5. The zero-order valence-corrected chi connectivity index (χ0v) is 12.7. The summed E-state index contributed by atoms with van der Waals surface area (Å²) in [5.74, 6) is 0. The Balaban J connectivity index is 1.86. The van der Waals surface area contributed by atoms with E-state index in [-0.39, 0.29) is 0 Å². The maximum atomic E-state index is 4.60. The molecular weight excluding hydrogens is 376 g/mol. The van der Waals surface area contributed by atoms with Crippen molar-refractivity contribution < 1.29 is 4.94 Å². The van der Waals surface area contributed by atoms with E-state index in [9.17, 15) is 0 Å². The van der Waals surface area contributed by atoms with E-state index in [2.05, 4.69) is 57.6 Å². The van der Waals surface area contributed by atoms with E-state index in [1.807, 2.05) is 24.3 Å². The van der Waals surface area contributed by atoms with Crippen molar-refractivity contribution in [2.45, 2.75) is 0 Å². The Morgan fingerprint density at radius 1 is 0.632 bits per heavy atom. The van der Waals surface area contributed by atoms with Gasteiger partial charge in [0.15, 0.2) is 0 Å². The summed E-state index contributed by atoms with van der Waals surface area (Å²) in [6, 6.07) is 14.6. The average molecular weight is 384 g/mol. The molecule has 0 atom stereocenters. The molecule has 0 aliphatic carbocycles. The van der Waals surface area contributed by atoms with Crippen molar-refractivity contribution >= 4 is 43.2 Å². The Hall–Kier alpha value is -1.60. The molecule has 7 heteroatoms. The van der Waals surface area contributed by atoms with E-state index in [1.165, 1.54) is 0 Å². The lowest BCUT2D eigenvalue weighted by Crippen LogP contribution is -1.68. The highest BCUT2D eigenvalue weighted by molar-refractivity contribution is 9.10. The molecule has 0 spiro atoms. The average Bonchev–Trinajstić information content (AvgIpc) is 2.43. The van der Waals surface area contributed by atoms with Gasteiger partial charge >= 0.3 is 0 Å². The fourth-order valence-electron chi connectivity index (χ4n) is 1.16. The third kappa shape index (κ3) is 4.88. The van der Waals surface area contributed by atoms with Crippen molar-refractivity contribution in [3.63, 3.8) is 0 Å². The lowest BCUT2D eigenvalue weighted by atomic mass is 10.3. The molecule has 0 saturated heterocycles. The van der Waals surface area contributed by atoms with Crippen LogP contribution in [0.4, 0.5) is 11.4 Å². The van der Waals surface area contributed by atoms with Crippen molar-refractivity contribution in [3.8, 4) is 0 Å². The van der Waals surface area contributed by atoms with E-state index in [1.54, 1.807) is 24.3 Å². The zero-order valence-electron chi connectivity index (χ0n) is 9.57. The first-order valence-corrected chi connectivity index (χ1v) is 6.82. The molecule has 0 unspecified atom stereocenters. The maximum absolute atomic E-state index is 4.60. The third-order valence-corrected chi connectivity index (χ3v) is 3.10. The molecule has 0 N–H and O–H groups in total. The predicted octanol–water partition coefficient (Wildman–Crippen LogP) is 5.93. The first kappa shape index (κ1) is 13.8. The van der Waals surface area contributed by atoms with Crippen LogP contribution in [-0.2, 0) is 4.94 Å². The summed E-state index contributed by atoms with van der Waals surface area (Å²) in [7, 11) is 0. The Labute approximate surface area is 126 Å². The second-order valence-corrected chi connectivity index (χ2v) is 5.23. The molecule has 5 nitrogen and oxygen atoms in total. The summed E-state index contributed by atoms with van der Waals surface area (Å²) in [6.45, 7) is 0. The van der Waals surface area contributed by atoms with Crippen molar-refractivity contribution in [2.75, 3.05) is 0 Å². The normalized spacial score (nSPS) is 11.3. The lowest BCUT2D eigenvalue weighted by molar-refractivity contribution is 0.117. The molecule has 0 heterocycles. The first-order chi connectivity index (χ1) is 9.24. The fraction of sp³-hybridized carbons (Fsp3) is 0. The molecule has 0 aliphatic heterocycles. The molecular formula is C12H8Br2N4O. The molecule has 2 aromatic rings. The second-order valence-electron chi connectivity index (χ2n) is 3.40. The highest BCUT2D eigenvalue weighted by atomic mass is 79.9. The van der Waals surface area contributed by atoms with Crippen molar-refractivity contribution in [1.82, 2.24) is 0 Å². The Morgan fingerprint density at radius 2 is 1.00 bits per heavy atom. The SMILES string of the molecule is Brc1ccc(N=NON=Nc2ccc(Br)cc2)cc1. The van der Waals surface area contributed by atoms with Crippen molar-refractivity contribution in [1.29, 1.82) is 0 Å². The van der Waals surface area contributed by atoms with Gasteiger partial charge in [-0.1, -0.05) is 31.9 Å². The van der Waals surface area contributed by atoms with Gasteiger partial charge in [-0.3, -0.25) is 0 Å². The molecule has 0 fully saturated rings. The summed E-state index contributed by atoms with van der Waals surface area (Å²) in [4.78, 5) is 4.60. The number of halogens is 2. The van der Waals surface area contributed by atoms with Crippen LogP contribution in [0.3, 0.4) is 0 Å². The molecule has 0 saturated carbocycles. The standard InChI is InChI=1S/C12H8Br2N4O/c13-9-1-5-11(6-2-9)15-17-19-18-16-12-7-3-10(14)4-8-12/h1-8H. The van der Waals surface area contributed by atoms with Crippen molar-refractivity contribution in [3.05, 3.63) is 57.5 Å². The van der Waals surface area contributed by atoms with Gasteiger partial charge in [0.05, 0.1) is 21.9 Å². The number of rotatable bonds is 4. The monoisotopic (exact) mass is 382 g/mol. The van der Waals surface area contributed by atoms with Gasteiger partial charge in [-0.05, 0) is 48.5 Å². The van der Waals surface area contributed by atoms with Crippen LogP contribution < -0.4 is 0 Å². The molecule has 0 bridgehead atoms. The van der Waals surface area contributed by atoms with E-state index in [4.69, 9.17) is 0 Å². The molecule has 0 aliphatic rings. The van der Waals surface area contributed by atoms with E-state index >= 15 is 0 Å². The molecule has 19 heavy (non-hydrogen) atoms. The van der Waals surface area contributed by atoms with Gasteiger partial charge < -0.3 is 0 Å². The van der Waals surface area contributed by atoms with E-state index in [0.717, 1.165) is 8.95 Å². The molecule has 0 aromatic heterocycles. The van der Waals surface area contributed by atoms with E-state index in [0.29, 0.717) is 11.4 Å². The number of benzene rings is 2. The summed E-state index contributed by atoms with van der Waals surface area (Å²) in [5, 5.41) is 14.5.